The zero-order chi connectivity index (χ0) is 15.7. The van der Waals surface area contributed by atoms with E-state index in [1.165, 1.54) is 12.3 Å². The fraction of sp³-hybridized carbons (Fsp3) is 0.250. The molecule has 6 heteroatoms. The van der Waals surface area contributed by atoms with Crippen molar-refractivity contribution in [1.82, 2.24) is 4.98 Å². The fourth-order valence-corrected chi connectivity index (χ4v) is 2.14. The fourth-order valence-electron chi connectivity index (χ4n) is 2.14. The molecule has 0 saturated heterocycles. The number of benzene rings is 1. The van der Waals surface area contributed by atoms with Crippen LogP contribution in [0.5, 0.6) is 11.5 Å². The second-order valence-electron chi connectivity index (χ2n) is 5.16. The van der Waals surface area contributed by atoms with Crippen molar-refractivity contribution < 1.29 is 18.7 Å². The lowest BCUT2D eigenvalue weighted by Gasteiger charge is -2.20. The zero-order valence-corrected chi connectivity index (χ0v) is 12.2. The SMILES string of the molecule is CC[C@]1(C)Oc2ccc(NC(=O)c3ccncc3F)cc2O1. The van der Waals surface area contributed by atoms with Crippen LogP contribution in [0.4, 0.5) is 10.1 Å². The van der Waals surface area contributed by atoms with Crippen molar-refractivity contribution in [3.05, 3.63) is 48.0 Å². The second kappa shape index (κ2) is 5.29. The van der Waals surface area contributed by atoms with E-state index in [9.17, 15) is 9.18 Å². The number of halogens is 1. The van der Waals surface area contributed by atoms with Crippen LogP contribution >= 0.6 is 0 Å². The summed E-state index contributed by atoms with van der Waals surface area (Å²) in [6.45, 7) is 3.80. The monoisotopic (exact) mass is 302 g/mol. The maximum Gasteiger partial charge on any atom is 0.258 e. The van der Waals surface area contributed by atoms with Gasteiger partial charge in [0.15, 0.2) is 17.3 Å². The van der Waals surface area contributed by atoms with Gasteiger partial charge in [0.25, 0.3) is 5.91 Å². The van der Waals surface area contributed by atoms with Crippen LogP contribution in [0.1, 0.15) is 30.6 Å². The van der Waals surface area contributed by atoms with E-state index < -0.39 is 17.5 Å². The van der Waals surface area contributed by atoms with Crippen molar-refractivity contribution in [3.8, 4) is 11.5 Å². The van der Waals surface area contributed by atoms with E-state index in [0.717, 1.165) is 6.20 Å². The number of nitrogens with one attached hydrogen (secondary N) is 1. The summed E-state index contributed by atoms with van der Waals surface area (Å²) in [5.74, 6) is -0.728. The lowest BCUT2D eigenvalue weighted by Crippen LogP contribution is -2.33. The van der Waals surface area contributed by atoms with Gasteiger partial charge in [0, 0.05) is 31.3 Å². The zero-order valence-electron chi connectivity index (χ0n) is 12.2. The highest BCUT2D eigenvalue weighted by Crippen LogP contribution is 2.42. The third-order valence-corrected chi connectivity index (χ3v) is 3.51. The molecule has 2 aromatic rings. The Labute approximate surface area is 127 Å². The van der Waals surface area contributed by atoms with Gasteiger partial charge in [-0.25, -0.2) is 4.39 Å². The van der Waals surface area contributed by atoms with Gasteiger partial charge in [-0.1, -0.05) is 6.92 Å². The van der Waals surface area contributed by atoms with Gasteiger partial charge in [0.2, 0.25) is 5.79 Å². The topological polar surface area (TPSA) is 60.5 Å². The average molecular weight is 302 g/mol. The van der Waals surface area contributed by atoms with E-state index in [4.69, 9.17) is 9.47 Å². The Morgan fingerprint density at radius 2 is 2.09 bits per heavy atom. The number of carbonyl (C=O) groups is 1. The second-order valence-corrected chi connectivity index (χ2v) is 5.16. The van der Waals surface area contributed by atoms with Crippen LogP contribution < -0.4 is 14.8 Å². The number of amides is 1. The summed E-state index contributed by atoms with van der Waals surface area (Å²) in [7, 11) is 0. The Hall–Kier alpha value is -2.63. The molecule has 1 atom stereocenters. The van der Waals surface area contributed by atoms with Gasteiger partial charge < -0.3 is 14.8 Å². The first-order chi connectivity index (χ1) is 10.5. The molecule has 0 saturated carbocycles. The van der Waals surface area contributed by atoms with Gasteiger partial charge in [0.05, 0.1) is 11.8 Å². The maximum absolute atomic E-state index is 13.5. The molecule has 114 valence electrons. The van der Waals surface area contributed by atoms with Crippen molar-refractivity contribution in [2.45, 2.75) is 26.1 Å². The molecular weight excluding hydrogens is 287 g/mol. The summed E-state index contributed by atoms with van der Waals surface area (Å²) >= 11 is 0. The highest BCUT2D eigenvalue weighted by Gasteiger charge is 2.35. The summed E-state index contributed by atoms with van der Waals surface area (Å²) in [5, 5.41) is 2.63. The van der Waals surface area contributed by atoms with Gasteiger partial charge in [-0.2, -0.15) is 0 Å². The number of fused-ring (bicyclic) bond motifs is 1. The molecule has 1 amide bonds. The predicted molar refractivity (Wildman–Crippen MR) is 78.5 cm³/mol. The highest BCUT2D eigenvalue weighted by atomic mass is 19.1. The van der Waals surface area contributed by atoms with Crippen molar-refractivity contribution in [1.29, 1.82) is 0 Å². The lowest BCUT2D eigenvalue weighted by molar-refractivity contribution is -0.0640. The molecule has 0 radical (unpaired) electrons. The number of hydrogen-bond donors (Lipinski definition) is 1. The first-order valence-electron chi connectivity index (χ1n) is 6.94. The number of ether oxygens (including phenoxy) is 2. The smallest absolute Gasteiger partial charge is 0.258 e. The first-order valence-corrected chi connectivity index (χ1v) is 6.94. The maximum atomic E-state index is 13.5. The third kappa shape index (κ3) is 2.59. The number of nitrogens with zero attached hydrogens (tertiary/aromatic N) is 1. The molecule has 1 aliphatic heterocycles. The summed E-state index contributed by atoms with van der Waals surface area (Å²) in [4.78, 5) is 15.7. The number of pyridine rings is 1. The minimum absolute atomic E-state index is 0.0638. The van der Waals surface area contributed by atoms with Crippen molar-refractivity contribution >= 4 is 11.6 Å². The first kappa shape index (κ1) is 14.3. The minimum Gasteiger partial charge on any atom is -0.449 e. The molecule has 5 nitrogen and oxygen atoms in total. The van der Waals surface area contributed by atoms with E-state index in [-0.39, 0.29) is 5.56 Å². The number of anilines is 1. The Balaban J connectivity index is 1.80. The number of rotatable bonds is 3. The normalized spacial score (nSPS) is 19.0. The molecule has 0 fully saturated rings. The van der Waals surface area contributed by atoms with Crippen LogP contribution in [0, 0.1) is 5.82 Å². The van der Waals surface area contributed by atoms with Crippen molar-refractivity contribution in [2.75, 3.05) is 5.32 Å². The van der Waals surface area contributed by atoms with Crippen LogP contribution in [0.15, 0.2) is 36.7 Å². The van der Waals surface area contributed by atoms with Crippen molar-refractivity contribution in [3.63, 3.8) is 0 Å². The van der Waals surface area contributed by atoms with Gasteiger partial charge in [-0.15, -0.1) is 0 Å². The molecule has 1 aromatic carbocycles. The van der Waals surface area contributed by atoms with E-state index in [2.05, 4.69) is 10.3 Å². The summed E-state index contributed by atoms with van der Waals surface area (Å²) < 4.78 is 25.0. The molecule has 0 unspecified atom stereocenters. The largest absolute Gasteiger partial charge is 0.449 e. The Bertz CT molecular complexity index is 735. The van der Waals surface area contributed by atoms with Crippen LogP contribution in [0.25, 0.3) is 0 Å². The minimum atomic E-state index is -0.692. The highest BCUT2D eigenvalue weighted by molar-refractivity contribution is 6.04. The van der Waals surface area contributed by atoms with Crippen molar-refractivity contribution in [2.24, 2.45) is 0 Å². The molecule has 0 aliphatic carbocycles. The number of carbonyl (C=O) groups excluding carboxylic acids is 1. The number of aromatic nitrogens is 1. The van der Waals surface area contributed by atoms with Gasteiger partial charge in [-0.3, -0.25) is 9.78 Å². The molecule has 3 rings (SSSR count). The Morgan fingerprint density at radius 3 is 2.82 bits per heavy atom. The summed E-state index contributed by atoms with van der Waals surface area (Å²) in [6, 6.07) is 6.38. The Kier molecular flexibility index (Phi) is 3.44. The van der Waals surface area contributed by atoms with E-state index >= 15 is 0 Å². The van der Waals surface area contributed by atoms with Crippen LogP contribution in [-0.4, -0.2) is 16.7 Å². The Morgan fingerprint density at radius 1 is 1.32 bits per heavy atom. The van der Waals surface area contributed by atoms with E-state index in [1.54, 1.807) is 18.2 Å². The van der Waals surface area contributed by atoms with Gasteiger partial charge in [-0.05, 0) is 18.2 Å². The van der Waals surface area contributed by atoms with Crippen LogP contribution in [-0.2, 0) is 0 Å². The molecule has 0 bridgehead atoms. The molecule has 22 heavy (non-hydrogen) atoms. The third-order valence-electron chi connectivity index (χ3n) is 3.51. The van der Waals surface area contributed by atoms with Gasteiger partial charge >= 0.3 is 0 Å². The molecule has 2 heterocycles. The molecule has 1 N–H and O–H groups in total. The van der Waals surface area contributed by atoms with Crippen LogP contribution in [0.3, 0.4) is 0 Å². The summed E-state index contributed by atoms with van der Waals surface area (Å²) in [5.41, 5.74) is 0.440. The van der Waals surface area contributed by atoms with E-state index in [0.29, 0.717) is 23.6 Å². The van der Waals surface area contributed by atoms with E-state index in [1.807, 2.05) is 13.8 Å². The average Bonchev–Trinajstić information content (AvgIpc) is 2.84. The van der Waals surface area contributed by atoms with Crippen LogP contribution in [0.2, 0.25) is 0 Å². The predicted octanol–water partition coefficient (Wildman–Crippen LogP) is 3.37. The number of hydrogen-bond acceptors (Lipinski definition) is 4. The standard InChI is InChI=1S/C16H15FN2O3/c1-3-16(2)21-13-5-4-10(8-14(13)22-16)19-15(20)11-6-7-18-9-12(11)17/h4-9H,3H2,1-2H3,(H,19,20)/t16-/m1/s1. The summed E-state index contributed by atoms with van der Waals surface area (Å²) in [6.07, 6.45) is 3.05. The van der Waals surface area contributed by atoms with Gasteiger partial charge in [0.1, 0.15) is 0 Å². The molecular formula is C16H15FN2O3. The quantitative estimate of drug-likeness (QED) is 0.944. The molecule has 0 spiro atoms. The lowest BCUT2D eigenvalue weighted by atomic mass is 10.2. The molecule has 1 aliphatic rings. The molecule has 1 aromatic heterocycles.